The second kappa shape index (κ2) is 7.59. The number of aromatic carboxylic acids is 1. The molecule has 8 heteroatoms. The summed E-state index contributed by atoms with van der Waals surface area (Å²) in [6, 6.07) is 12.7. The number of benzene rings is 2. The smallest absolute Gasteiger partial charge is 1.00 e. The van der Waals surface area contributed by atoms with Crippen LogP contribution in [0, 0.1) is 0 Å². The fraction of sp³-hybridized carbons (Fsp3) is 0. The van der Waals surface area contributed by atoms with Crippen LogP contribution < -0.4 is 29.6 Å². The first kappa shape index (κ1) is 18.0. The van der Waals surface area contributed by atoms with E-state index in [1.807, 2.05) is 30.3 Å². The molecular formula is C11H11NaO6S. The molecule has 0 aromatic heterocycles. The number of fused-ring (bicyclic) bond motifs is 1. The molecule has 0 radical (unpaired) electrons. The summed E-state index contributed by atoms with van der Waals surface area (Å²) in [5.41, 5.74) is 0.359. The van der Waals surface area contributed by atoms with Crippen LogP contribution in [-0.4, -0.2) is 28.6 Å². The first-order chi connectivity index (χ1) is 8.29. The summed E-state index contributed by atoms with van der Waals surface area (Å²) in [5.74, 6) is -0.878. The van der Waals surface area contributed by atoms with Gasteiger partial charge >= 0.3 is 45.9 Å². The van der Waals surface area contributed by atoms with Crippen LogP contribution in [0.5, 0.6) is 0 Å². The fourth-order valence-electron chi connectivity index (χ4n) is 1.41. The standard InChI is InChI=1S/C11H8O2.Na.H2O4S.H/c12-11(13)10-7-3-5-8-4-1-2-6-9(8)10;;1-5(2,3)4;/h1-7H,(H,12,13);;(H2,1,2,3,4);/q;+1;;-1. The minimum atomic E-state index is -4.67. The van der Waals surface area contributed by atoms with Crippen LogP contribution in [-0.2, 0) is 10.4 Å². The SMILES string of the molecule is O=C(O)c1cccc2ccccc12.O=S(=O)(O)O.[H-].[Na+]. The van der Waals surface area contributed by atoms with Gasteiger partial charge in [-0.15, -0.1) is 0 Å². The molecule has 0 bridgehead atoms. The average molecular weight is 294 g/mol. The Labute approximate surface area is 133 Å². The molecule has 0 aliphatic rings. The Balaban J connectivity index is 0. The van der Waals surface area contributed by atoms with Gasteiger partial charge in [-0.25, -0.2) is 4.79 Å². The van der Waals surface area contributed by atoms with Crippen molar-refractivity contribution in [1.29, 1.82) is 0 Å². The summed E-state index contributed by atoms with van der Waals surface area (Å²) in [5, 5.41) is 10.6. The van der Waals surface area contributed by atoms with Gasteiger partial charge in [-0.1, -0.05) is 36.4 Å². The summed E-state index contributed by atoms with van der Waals surface area (Å²) in [7, 11) is -4.67. The van der Waals surface area contributed by atoms with Crippen LogP contribution in [0.15, 0.2) is 42.5 Å². The molecule has 98 valence electrons. The van der Waals surface area contributed by atoms with Crippen molar-refractivity contribution >= 4 is 27.1 Å². The van der Waals surface area contributed by atoms with Crippen LogP contribution in [0.4, 0.5) is 0 Å². The first-order valence-corrected chi connectivity index (χ1v) is 6.09. The van der Waals surface area contributed by atoms with Crippen LogP contribution in [0.3, 0.4) is 0 Å². The maximum atomic E-state index is 10.8. The molecule has 0 aliphatic carbocycles. The Hall–Kier alpha value is -0.960. The van der Waals surface area contributed by atoms with Crippen molar-refractivity contribution < 1.29 is 58.4 Å². The molecule has 0 spiro atoms. The Bertz CT molecular complexity index is 660. The molecular weight excluding hydrogens is 283 g/mol. The molecule has 0 saturated carbocycles. The Morgan fingerprint density at radius 2 is 1.47 bits per heavy atom. The van der Waals surface area contributed by atoms with Gasteiger partial charge in [0.1, 0.15) is 0 Å². The molecule has 6 nitrogen and oxygen atoms in total. The van der Waals surface area contributed by atoms with Crippen molar-refractivity contribution in [1.82, 2.24) is 0 Å². The Morgan fingerprint density at radius 1 is 1.00 bits per heavy atom. The number of rotatable bonds is 1. The second-order valence-corrected chi connectivity index (χ2v) is 4.18. The predicted octanol–water partition coefficient (Wildman–Crippen LogP) is -0.998. The van der Waals surface area contributed by atoms with Gasteiger partial charge in [-0.05, 0) is 16.8 Å². The predicted molar refractivity (Wildman–Crippen MR) is 66.2 cm³/mol. The summed E-state index contributed by atoms with van der Waals surface area (Å²) in [6.07, 6.45) is 0. The number of carboxylic acid groups (broad SMARTS) is 1. The van der Waals surface area contributed by atoms with Crippen LogP contribution >= 0.6 is 0 Å². The summed E-state index contributed by atoms with van der Waals surface area (Å²) >= 11 is 0. The zero-order valence-electron chi connectivity index (χ0n) is 11.0. The van der Waals surface area contributed by atoms with Crippen molar-refractivity contribution in [2.24, 2.45) is 0 Å². The van der Waals surface area contributed by atoms with Gasteiger partial charge in [0.2, 0.25) is 0 Å². The first-order valence-electron chi connectivity index (χ1n) is 4.70. The van der Waals surface area contributed by atoms with E-state index >= 15 is 0 Å². The fourth-order valence-corrected chi connectivity index (χ4v) is 1.41. The molecule has 0 fully saturated rings. The van der Waals surface area contributed by atoms with Gasteiger partial charge in [-0.3, -0.25) is 9.11 Å². The third kappa shape index (κ3) is 6.67. The van der Waals surface area contributed by atoms with Crippen molar-refractivity contribution in [3.8, 4) is 0 Å². The van der Waals surface area contributed by atoms with E-state index in [-0.39, 0.29) is 31.0 Å². The Morgan fingerprint density at radius 3 is 2.00 bits per heavy atom. The molecule has 0 aliphatic heterocycles. The summed E-state index contributed by atoms with van der Waals surface area (Å²) in [4.78, 5) is 10.8. The molecule has 0 heterocycles. The largest absolute Gasteiger partial charge is 1.00 e. The number of carboxylic acids is 1. The quantitative estimate of drug-likeness (QED) is 0.459. The molecule has 19 heavy (non-hydrogen) atoms. The van der Waals surface area contributed by atoms with E-state index in [9.17, 15) is 4.79 Å². The van der Waals surface area contributed by atoms with Gasteiger partial charge in [0.05, 0.1) is 5.56 Å². The van der Waals surface area contributed by atoms with Gasteiger partial charge in [-0.2, -0.15) is 8.42 Å². The van der Waals surface area contributed by atoms with Gasteiger partial charge in [0.25, 0.3) is 0 Å². The number of hydrogen-bond donors (Lipinski definition) is 3. The van der Waals surface area contributed by atoms with Gasteiger partial charge in [0, 0.05) is 0 Å². The normalized spacial score (nSPS) is 10.0. The van der Waals surface area contributed by atoms with E-state index < -0.39 is 16.4 Å². The number of hydrogen-bond acceptors (Lipinski definition) is 3. The molecule has 2 rings (SSSR count). The third-order valence-corrected chi connectivity index (χ3v) is 2.02. The molecule has 0 amide bonds. The van der Waals surface area contributed by atoms with Gasteiger partial charge in [0.15, 0.2) is 0 Å². The van der Waals surface area contributed by atoms with Crippen molar-refractivity contribution in [3.05, 3.63) is 48.0 Å². The van der Waals surface area contributed by atoms with Crippen molar-refractivity contribution in [2.75, 3.05) is 0 Å². The monoisotopic (exact) mass is 294 g/mol. The van der Waals surface area contributed by atoms with Gasteiger partial charge < -0.3 is 6.53 Å². The molecule has 2 aromatic carbocycles. The Kier molecular flexibility index (Phi) is 7.20. The van der Waals surface area contributed by atoms with E-state index in [0.29, 0.717) is 5.56 Å². The summed E-state index contributed by atoms with van der Waals surface area (Å²) in [6.45, 7) is 0. The molecule has 0 unspecified atom stereocenters. The average Bonchev–Trinajstić information content (AvgIpc) is 2.26. The maximum absolute atomic E-state index is 10.8. The minimum absolute atomic E-state index is 0. The molecule has 0 atom stereocenters. The molecule has 0 saturated heterocycles. The van der Waals surface area contributed by atoms with Crippen LogP contribution in [0.1, 0.15) is 11.8 Å². The zero-order chi connectivity index (χ0) is 13.8. The van der Waals surface area contributed by atoms with Crippen molar-refractivity contribution in [3.63, 3.8) is 0 Å². The van der Waals surface area contributed by atoms with E-state index in [0.717, 1.165) is 10.8 Å². The zero-order valence-corrected chi connectivity index (χ0v) is 12.8. The molecule has 3 N–H and O–H groups in total. The van der Waals surface area contributed by atoms with E-state index in [2.05, 4.69) is 0 Å². The van der Waals surface area contributed by atoms with E-state index in [1.165, 1.54) is 0 Å². The van der Waals surface area contributed by atoms with E-state index in [1.54, 1.807) is 12.1 Å². The van der Waals surface area contributed by atoms with Crippen LogP contribution in [0.25, 0.3) is 10.8 Å². The maximum Gasteiger partial charge on any atom is 1.00 e. The second-order valence-electron chi connectivity index (χ2n) is 3.28. The molecule has 2 aromatic rings. The summed E-state index contributed by atoms with van der Waals surface area (Å²) < 4.78 is 31.6. The third-order valence-electron chi connectivity index (χ3n) is 2.02. The van der Waals surface area contributed by atoms with Crippen molar-refractivity contribution in [2.45, 2.75) is 0 Å². The van der Waals surface area contributed by atoms with Crippen LogP contribution in [0.2, 0.25) is 0 Å². The minimum Gasteiger partial charge on any atom is -1.00 e. The van der Waals surface area contributed by atoms with E-state index in [4.69, 9.17) is 22.6 Å². The topological polar surface area (TPSA) is 112 Å². The number of carbonyl (C=O) groups is 1.